The van der Waals surface area contributed by atoms with Crippen LogP contribution in [0.3, 0.4) is 0 Å². The van der Waals surface area contributed by atoms with E-state index in [2.05, 4.69) is 30.5 Å². The molecule has 0 spiro atoms. The summed E-state index contributed by atoms with van der Waals surface area (Å²) in [6, 6.07) is 14.3. The van der Waals surface area contributed by atoms with Crippen LogP contribution in [0.4, 0.5) is 16.0 Å². The Hall–Kier alpha value is -4.40. The van der Waals surface area contributed by atoms with Crippen molar-refractivity contribution in [1.82, 2.24) is 29.9 Å². The maximum atomic E-state index is 14.5. The molecule has 0 saturated carbocycles. The van der Waals surface area contributed by atoms with Crippen LogP contribution in [0.15, 0.2) is 59.3 Å². The zero-order valence-corrected chi connectivity index (χ0v) is 19.2. The molecule has 170 valence electrons. The Labute approximate surface area is 195 Å². The first kappa shape index (κ1) is 21.4. The van der Waals surface area contributed by atoms with Gasteiger partial charge in [-0.05, 0) is 81.8 Å². The van der Waals surface area contributed by atoms with E-state index >= 15 is 0 Å². The summed E-state index contributed by atoms with van der Waals surface area (Å²) in [5.74, 6) is 2.22. The number of anilines is 2. The average Bonchev–Trinajstić information content (AvgIpc) is 3.33. The molecule has 1 N–H and O–H groups in total. The Balaban J connectivity index is 1.42. The number of nitrogens with one attached hydrogen (secondary N) is 1. The van der Waals surface area contributed by atoms with Crippen molar-refractivity contribution in [3.8, 4) is 28.1 Å². The summed E-state index contributed by atoms with van der Waals surface area (Å²) in [5.41, 5.74) is 5.12. The van der Waals surface area contributed by atoms with Gasteiger partial charge in [-0.25, -0.2) is 24.0 Å². The highest BCUT2D eigenvalue weighted by molar-refractivity contribution is 5.74. The minimum Gasteiger partial charge on any atom is -0.361 e. The van der Waals surface area contributed by atoms with E-state index in [-0.39, 0.29) is 5.82 Å². The molecule has 0 fully saturated rings. The largest absolute Gasteiger partial charge is 0.361 e. The zero-order valence-electron chi connectivity index (χ0n) is 19.2. The predicted octanol–water partition coefficient (Wildman–Crippen LogP) is 5.50. The molecule has 0 radical (unpaired) electrons. The van der Waals surface area contributed by atoms with Crippen LogP contribution in [0.2, 0.25) is 0 Å². The third kappa shape index (κ3) is 4.15. The first-order valence-corrected chi connectivity index (χ1v) is 10.7. The van der Waals surface area contributed by atoms with Gasteiger partial charge in [-0.15, -0.1) is 0 Å². The van der Waals surface area contributed by atoms with Crippen molar-refractivity contribution >= 4 is 11.6 Å². The summed E-state index contributed by atoms with van der Waals surface area (Å²) in [7, 11) is 0. The van der Waals surface area contributed by atoms with Crippen molar-refractivity contribution in [2.75, 3.05) is 5.32 Å². The number of aryl methyl sites for hydroxylation is 4. The fraction of sp³-hybridized carbons (Fsp3) is 0.160. The predicted molar refractivity (Wildman–Crippen MR) is 127 cm³/mol. The average molecular weight is 455 g/mol. The van der Waals surface area contributed by atoms with E-state index in [1.807, 2.05) is 58.0 Å². The molecular formula is C25H22FN7O. The van der Waals surface area contributed by atoms with Crippen molar-refractivity contribution < 1.29 is 8.91 Å². The molecule has 34 heavy (non-hydrogen) atoms. The summed E-state index contributed by atoms with van der Waals surface area (Å²) in [4.78, 5) is 13.2. The first-order valence-electron chi connectivity index (χ1n) is 10.7. The SMILES string of the molecule is Cc1nc(C)n(-c2ccc(Nc3nccc(-c4cc(F)cc(-c5c(C)noc5C)c4)n3)cc2)n1. The molecule has 0 saturated heterocycles. The smallest absolute Gasteiger partial charge is 0.227 e. The number of hydrogen-bond acceptors (Lipinski definition) is 7. The van der Waals surface area contributed by atoms with E-state index in [1.54, 1.807) is 16.9 Å². The third-order valence-corrected chi connectivity index (χ3v) is 5.41. The summed E-state index contributed by atoms with van der Waals surface area (Å²) in [6.45, 7) is 7.41. The minimum atomic E-state index is -0.366. The van der Waals surface area contributed by atoms with Gasteiger partial charge < -0.3 is 9.84 Å². The van der Waals surface area contributed by atoms with E-state index in [9.17, 15) is 4.39 Å². The van der Waals surface area contributed by atoms with Gasteiger partial charge in [-0.2, -0.15) is 5.10 Å². The summed E-state index contributed by atoms with van der Waals surface area (Å²) < 4.78 is 21.5. The van der Waals surface area contributed by atoms with Gasteiger partial charge in [0.25, 0.3) is 0 Å². The fourth-order valence-corrected chi connectivity index (χ4v) is 3.94. The van der Waals surface area contributed by atoms with Gasteiger partial charge in [0.1, 0.15) is 23.2 Å². The van der Waals surface area contributed by atoms with Crippen LogP contribution in [0.25, 0.3) is 28.1 Å². The second-order valence-electron chi connectivity index (χ2n) is 7.98. The lowest BCUT2D eigenvalue weighted by Gasteiger charge is -2.09. The van der Waals surface area contributed by atoms with Gasteiger partial charge in [0, 0.05) is 23.0 Å². The van der Waals surface area contributed by atoms with E-state index in [0.29, 0.717) is 34.2 Å². The molecule has 0 unspecified atom stereocenters. The molecule has 0 bridgehead atoms. The van der Waals surface area contributed by atoms with Gasteiger partial charge in [0.2, 0.25) is 5.95 Å². The van der Waals surface area contributed by atoms with E-state index < -0.39 is 0 Å². The molecule has 5 aromatic rings. The van der Waals surface area contributed by atoms with Crippen molar-refractivity contribution in [3.05, 3.63) is 83.6 Å². The lowest BCUT2D eigenvalue weighted by Crippen LogP contribution is -2.01. The Morgan fingerprint density at radius 1 is 0.912 bits per heavy atom. The number of benzene rings is 2. The molecule has 3 aromatic heterocycles. The molecule has 0 aliphatic heterocycles. The molecule has 0 aliphatic carbocycles. The third-order valence-electron chi connectivity index (χ3n) is 5.41. The lowest BCUT2D eigenvalue weighted by molar-refractivity contribution is 0.393. The quantitative estimate of drug-likeness (QED) is 0.374. The molecule has 8 nitrogen and oxygen atoms in total. The van der Waals surface area contributed by atoms with E-state index in [1.165, 1.54) is 12.1 Å². The standard InChI is InChI=1S/C25H22FN7O/c1-14-24(15(2)34-32-14)19-11-18(12-20(26)13-19)23-9-10-27-25(30-23)29-21-5-7-22(8-6-21)33-17(4)28-16(3)31-33/h5-13H,1-4H3,(H,27,29,30). The minimum absolute atomic E-state index is 0.366. The van der Waals surface area contributed by atoms with Gasteiger partial charge in [-0.3, -0.25) is 0 Å². The van der Waals surface area contributed by atoms with Crippen LogP contribution in [0.5, 0.6) is 0 Å². The second kappa shape index (κ2) is 8.51. The summed E-state index contributed by atoms with van der Waals surface area (Å²) in [6.07, 6.45) is 1.64. The van der Waals surface area contributed by atoms with Crippen molar-refractivity contribution in [2.24, 2.45) is 0 Å². The maximum absolute atomic E-state index is 14.5. The molecule has 0 aliphatic rings. The number of halogens is 1. The van der Waals surface area contributed by atoms with Crippen LogP contribution in [0.1, 0.15) is 23.1 Å². The number of hydrogen-bond donors (Lipinski definition) is 1. The van der Waals surface area contributed by atoms with E-state index in [4.69, 9.17) is 4.52 Å². The molecule has 9 heteroatoms. The van der Waals surface area contributed by atoms with Gasteiger partial charge >= 0.3 is 0 Å². The molecule has 2 aromatic carbocycles. The van der Waals surface area contributed by atoms with Gasteiger partial charge in [0.05, 0.1) is 17.1 Å². The molecule has 0 atom stereocenters. The monoisotopic (exact) mass is 455 g/mol. The summed E-state index contributed by atoms with van der Waals surface area (Å²) >= 11 is 0. The molecule has 5 rings (SSSR count). The van der Waals surface area contributed by atoms with Crippen molar-refractivity contribution in [1.29, 1.82) is 0 Å². The topological polar surface area (TPSA) is 94.6 Å². The first-order chi connectivity index (χ1) is 16.4. The second-order valence-corrected chi connectivity index (χ2v) is 7.98. The number of rotatable bonds is 5. The Bertz CT molecular complexity index is 1470. The Morgan fingerprint density at radius 2 is 1.68 bits per heavy atom. The molecule has 0 amide bonds. The maximum Gasteiger partial charge on any atom is 0.227 e. The number of aromatic nitrogens is 6. The Morgan fingerprint density at radius 3 is 2.35 bits per heavy atom. The fourth-order valence-electron chi connectivity index (χ4n) is 3.94. The van der Waals surface area contributed by atoms with Crippen molar-refractivity contribution in [2.45, 2.75) is 27.7 Å². The van der Waals surface area contributed by atoms with Crippen molar-refractivity contribution in [3.63, 3.8) is 0 Å². The highest BCUT2D eigenvalue weighted by Crippen LogP contribution is 2.31. The van der Waals surface area contributed by atoms with Gasteiger partial charge in [0.15, 0.2) is 0 Å². The zero-order chi connectivity index (χ0) is 23.8. The van der Waals surface area contributed by atoms with Gasteiger partial charge in [-0.1, -0.05) is 5.16 Å². The van der Waals surface area contributed by atoms with Crippen LogP contribution in [-0.2, 0) is 0 Å². The Kier molecular flexibility index (Phi) is 5.37. The van der Waals surface area contributed by atoms with Crippen LogP contribution < -0.4 is 5.32 Å². The molecular weight excluding hydrogens is 433 g/mol. The normalized spacial score (nSPS) is 11.1. The highest BCUT2D eigenvalue weighted by Gasteiger charge is 2.15. The van der Waals surface area contributed by atoms with Crippen LogP contribution >= 0.6 is 0 Å². The van der Waals surface area contributed by atoms with Crippen LogP contribution in [0, 0.1) is 33.5 Å². The van der Waals surface area contributed by atoms with Crippen LogP contribution in [-0.4, -0.2) is 29.9 Å². The summed E-state index contributed by atoms with van der Waals surface area (Å²) in [5, 5.41) is 11.6. The lowest BCUT2D eigenvalue weighted by atomic mass is 10.00. The van der Waals surface area contributed by atoms with E-state index in [0.717, 1.165) is 28.6 Å². The number of nitrogens with zero attached hydrogens (tertiary/aromatic N) is 6. The highest BCUT2D eigenvalue weighted by atomic mass is 19.1. The molecule has 3 heterocycles.